The van der Waals surface area contributed by atoms with Crippen molar-refractivity contribution in [3.05, 3.63) is 11.6 Å². The molecule has 6 heteroatoms. The summed E-state index contributed by atoms with van der Waals surface area (Å²) in [5.41, 5.74) is 0. The Bertz CT molecular complexity index is 480. The van der Waals surface area contributed by atoms with Crippen molar-refractivity contribution in [3.63, 3.8) is 0 Å². The SMILES string of the molecule is O=C(CNCC1CC1)NCCc1nnc2n1CCCCC2. The standard InChI is InChI=1S/C15H25N5O/c21-15(11-16-10-12-5-6-12)17-8-7-14-19-18-13-4-2-1-3-9-20(13)14/h12,16H,1-11H2,(H,17,21). The van der Waals surface area contributed by atoms with Crippen molar-refractivity contribution in [2.75, 3.05) is 19.6 Å². The van der Waals surface area contributed by atoms with Gasteiger partial charge in [0.1, 0.15) is 11.6 Å². The Hall–Kier alpha value is -1.43. The molecule has 6 nitrogen and oxygen atoms in total. The highest BCUT2D eigenvalue weighted by Crippen LogP contribution is 2.27. The zero-order valence-corrected chi connectivity index (χ0v) is 12.6. The number of hydrogen-bond donors (Lipinski definition) is 2. The van der Waals surface area contributed by atoms with Crippen LogP contribution in [0.5, 0.6) is 0 Å². The first-order chi connectivity index (χ1) is 10.3. The summed E-state index contributed by atoms with van der Waals surface area (Å²) in [6.07, 6.45) is 8.11. The molecule has 2 heterocycles. The Morgan fingerprint density at radius 2 is 2.14 bits per heavy atom. The van der Waals surface area contributed by atoms with Gasteiger partial charge in [-0.25, -0.2) is 0 Å². The van der Waals surface area contributed by atoms with Crippen molar-refractivity contribution in [3.8, 4) is 0 Å². The third-order valence-electron chi connectivity index (χ3n) is 4.27. The predicted octanol–water partition coefficient (Wildman–Crippen LogP) is 0.663. The molecule has 3 rings (SSSR count). The average Bonchev–Trinajstić information content (AvgIpc) is 3.26. The van der Waals surface area contributed by atoms with Crippen LogP contribution < -0.4 is 10.6 Å². The van der Waals surface area contributed by atoms with E-state index in [1.807, 2.05) is 0 Å². The molecule has 0 atom stereocenters. The van der Waals surface area contributed by atoms with Gasteiger partial charge in [0.05, 0.1) is 6.54 Å². The third-order valence-corrected chi connectivity index (χ3v) is 4.27. The van der Waals surface area contributed by atoms with Crippen LogP contribution in [0.4, 0.5) is 0 Å². The Morgan fingerprint density at radius 1 is 1.24 bits per heavy atom. The van der Waals surface area contributed by atoms with E-state index in [0.29, 0.717) is 13.1 Å². The second kappa shape index (κ2) is 7.02. The second-order valence-corrected chi connectivity index (χ2v) is 6.17. The lowest BCUT2D eigenvalue weighted by molar-refractivity contribution is -0.120. The molecule has 0 radical (unpaired) electrons. The first-order valence-electron chi connectivity index (χ1n) is 8.21. The number of carbonyl (C=O) groups is 1. The quantitative estimate of drug-likeness (QED) is 0.774. The molecule has 1 aliphatic carbocycles. The fraction of sp³-hybridized carbons (Fsp3) is 0.800. The first-order valence-corrected chi connectivity index (χ1v) is 8.21. The maximum Gasteiger partial charge on any atom is 0.233 e. The molecule has 2 N–H and O–H groups in total. The van der Waals surface area contributed by atoms with Crippen LogP contribution in [0.3, 0.4) is 0 Å². The summed E-state index contributed by atoms with van der Waals surface area (Å²) in [6, 6.07) is 0. The summed E-state index contributed by atoms with van der Waals surface area (Å²) in [5, 5.41) is 14.7. The van der Waals surface area contributed by atoms with Gasteiger partial charge in [0.2, 0.25) is 5.91 Å². The van der Waals surface area contributed by atoms with E-state index in [-0.39, 0.29) is 5.91 Å². The molecule has 0 aromatic carbocycles. The highest BCUT2D eigenvalue weighted by Gasteiger charge is 2.20. The second-order valence-electron chi connectivity index (χ2n) is 6.17. The summed E-state index contributed by atoms with van der Waals surface area (Å²) in [6.45, 7) is 3.07. The van der Waals surface area contributed by atoms with Crippen molar-refractivity contribution >= 4 is 5.91 Å². The smallest absolute Gasteiger partial charge is 0.233 e. The monoisotopic (exact) mass is 291 g/mol. The van der Waals surface area contributed by atoms with Gasteiger partial charge in [-0.15, -0.1) is 10.2 Å². The minimum Gasteiger partial charge on any atom is -0.355 e. The van der Waals surface area contributed by atoms with E-state index in [1.54, 1.807) is 0 Å². The van der Waals surface area contributed by atoms with Gasteiger partial charge in [0.25, 0.3) is 0 Å². The van der Waals surface area contributed by atoms with Crippen molar-refractivity contribution in [2.24, 2.45) is 5.92 Å². The van der Waals surface area contributed by atoms with Crippen LogP contribution in [0, 0.1) is 5.92 Å². The van der Waals surface area contributed by atoms with E-state index in [9.17, 15) is 4.79 Å². The molecule has 116 valence electrons. The van der Waals surface area contributed by atoms with Crippen LogP contribution in [0.15, 0.2) is 0 Å². The Balaban J connectivity index is 1.38. The van der Waals surface area contributed by atoms with Crippen molar-refractivity contribution in [1.29, 1.82) is 0 Å². The minimum absolute atomic E-state index is 0.0752. The molecule has 2 aliphatic rings. The topological polar surface area (TPSA) is 71.8 Å². The van der Waals surface area contributed by atoms with Gasteiger partial charge in [0, 0.05) is 25.9 Å². The number of nitrogens with one attached hydrogen (secondary N) is 2. The number of hydrogen-bond acceptors (Lipinski definition) is 4. The highest BCUT2D eigenvalue weighted by molar-refractivity contribution is 5.77. The fourth-order valence-corrected chi connectivity index (χ4v) is 2.82. The number of aryl methyl sites for hydroxylation is 1. The summed E-state index contributed by atoms with van der Waals surface area (Å²) >= 11 is 0. The van der Waals surface area contributed by atoms with Crippen LogP contribution in [0.1, 0.15) is 43.8 Å². The van der Waals surface area contributed by atoms with Crippen molar-refractivity contribution < 1.29 is 4.79 Å². The summed E-state index contributed by atoms with van der Waals surface area (Å²) in [7, 11) is 0. The van der Waals surface area contributed by atoms with Crippen LogP contribution in [0.25, 0.3) is 0 Å². The lowest BCUT2D eigenvalue weighted by Gasteiger charge is -2.08. The summed E-state index contributed by atoms with van der Waals surface area (Å²) < 4.78 is 2.24. The number of fused-ring (bicyclic) bond motifs is 1. The number of carbonyl (C=O) groups excluding carboxylic acids is 1. The number of rotatable bonds is 7. The molecule has 1 aromatic rings. The lowest BCUT2D eigenvalue weighted by atomic mass is 10.2. The Labute approximate surface area is 125 Å². The molecular formula is C15H25N5O. The maximum atomic E-state index is 11.7. The molecule has 1 fully saturated rings. The van der Waals surface area contributed by atoms with Crippen LogP contribution >= 0.6 is 0 Å². The largest absolute Gasteiger partial charge is 0.355 e. The molecule has 1 aliphatic heterocycles. The van der Waals surface area contributed by atoms with E-state index in [4.69, 9.17) is 0 Å². The average molecular weight is 291 g/mol. The van der Waals surface area contributed by atoms with E-state index < -0.39 is 0 Å². The van der Waals surface area contributed by atoms with Crippen molar-refractivity contribution in [2.45, 2.75) is 51.5 Å². The molecule has 0 spiro atoms. The predicted molar refractivity (Wildman–Crippen MR) is 79.9 cm³/mol. The third kappa shape index (κ3) is 4.27. The van der Waals surface area contributed by atoms with Gasteiger partial charge < -0.3 is 15.2 Å². The van der Waals surface area contributed by atoms with Crippen LogP contribution in [-0.4, -0.2) is 40.3 Å². The number of nitrogens with zero attached hydrogens (tertiary/aromatic N) is 3. The highest BCUT2D eigenvalue weighted by atomic mass is 16.1. The molecule has 1 saturated carbocycles. The first kappa shape index (κ1) is 14.5. The van der Waals surface area contributed by atoms with E-state index in [2.05, 4.69) is 25.4 Å². The van der Waals surface area contributed by atoms with Crippen LogP contribution in [0.2, 0.25) is 0 Å². The lowest BCUT2D eigenvalue weighted by Crippen LogP contribution is -2.36. The minimum atomic E-state index is 0.0752. The normalized spacial score (nSPS) is 18.1. The van der Waals surface area contributed by atoms with Gasteiger partial charge in [-0.1, -0.05) is 6.42 Å². The van der Waals surface area contributed by atoms with Gasteiger partial charge >= 0.3 is 0 Å². The zero-order valence-electron chi connectivity index (χ0n) is 12.6. The van der Waals surface area contributed by atoms with E-state index >= 15 is 0 Å². The van der Waals surface area contributed by atoms with Gasteiger partial charge in [-0.2, -0.15) is 0 Å². The Morgan fingerprint density at radius 3 is 3.00 bits per heavy atom. The van der Waals surface area contributed by atoms with Gasteiger partial charge in [0.15, 0.2) is 0 Å². The van der Waals surface area contributed by atoms with E-state index in [0.717, 1.165) is 43.5 Å². The molecule has 1 amide bonds. The summed E-state index contributed by atoms with van der Waals surface area (Å²) in [4.78, 5) is 11.7. The van der Waals surface area contributed by atoms with Gasteiger partial charge in [-0.05, 0) is 38.1 Å². The fourth-order valence-electron chi connectivity index (χ4n) is 2.82. The number of aromatic nitrogens is 3. The molecule has 21 heavy (non-hydrogen) atoms. The van der Waals surface area contributed by atoms with Crippen molar-refractivity contribution in [1.82, 2.24) is 25.4 Å². The molecule has 1 aromatic heterocycles. The van der Waals surface area contributed by atoms with Gasteiger partial charge in [-0.3, -0.25) is 4.79 Å². The molecule has 0 unspecified atom stereocenters. The Kier molecular flexibility index (Phi) is 4.85. The maximum absolute atomic E-state index is 11.7. The molecule has 0 bridgehead atoms. The molecule has 0 saturated heterocycles. The van der Waals surface area contributed by atoms with Crippen LogP contribution in [-0.2, 0) is 24.2 Å². The number of amides is 1. The van der Waals surface area contributed by atoms with E-state index in [1.165, 1.54) is 32.1 Å². The summed E-state index contributed by atoms with van der Waals surface area (Å²) in [5.74, 6) is 3.01. The zero-order chi connectivity index (χ0) is 14.5. The molecular weight excluding hydrogens is 266 g/mol.